The van der Waals surface area contributed by atoms with Crippen LogP contribution in [0.2, 0.25) is 0 Å². The van der Waals surface area contributed by atoms with Crippen molar-refractivity contribution in [2.45, 2.75) is 39.5 Å². The van der Waals surface area contributed by atoms with Gasteiger partial charge in [-0.1, -0.05) is 19.1 Å². The first kappa shape index (κ1) is 12.9. The van der Waals surface area contributed by atoms with E-state index in [9.17, 15) is 9.59 Å². The standard InChI is InChI=1S/C11H18O3/c1-3-5-9(8-11(13)14)7-10(12)6-4-2/h3,5,9H,4,6-8H2,1-2H3,(H,13,14)/b5-3-. The van der Waals surface area contributed by atoms with E-state index in [0.29, 0.717) is 12.8 Å². The van der Waals surface area contributed by atoms with Crippen molar-refractivity contribution < 1.29 is 14.7 Å². The molecular formula is C11H18O3. The molecule has 3 heteroatoms. The highest BCUT2D eigenvalue weighted by Gasteiger charge is 2.13. The normalized spacial score (nSPS) is 13.0. The molecule has 3 nitrogen and oxygen atoms in total. The van der Waals surface area contributed by atoms with Crippen molar-refractivity contribution in [2.24, 2.45) is 5.92 Å². The smallest absolute Gasteiger partial charge is 0.303 e. The number of carbonyl (C=O) groups is 2. The highest BCUT2D eigenvalue weighted by Crippen LogP contribution is 2.13. The zero-order valence-electron chi connectivity index (χ0n) is 8.82. The monoisotopic (exact) mass is 198 g/mol. The molecule has 1 N–H and O–H groups in total. The summed E-state index contributed by atoms with van der Waals surface area (Å²) in [5.41, 5.74) is 0. The van der Waals surface area contributed by atoms with Crippen LogP contribution in [-0.2, 0) is 9.59 Å². The van der Waals surface area contributed by atoms with Gasteiger partial charge in [0.05, 0.1) is 6.42 Å². The van der Waals surface area contributed by atoms with Crippen LogP contribution < -0.4 is 0 Å². The lowest BCUT2D eigenvalue weighted by atomic mass is 9.96. The van der Waals surface area contributed by atoms with Crippen LogP contribution in [0.15, 0.2) is 12.2 Å². The van der Waals surface area contributed by atoms with Gasteiger partial charge in [-0.2, -0.15) is 0 Å². The van der Waals surface area contributed by atoms with Crippen molar-refractivity contribution in [2.75, 3.05) is 0 Å². The van der Waals surface area contributed by atoms with Gasteiger partial charge in [0.2, 0.25) is 0 Å². The average Bonchev–Trinajstić information content (AvgIpc) is 2.03. The molecule has 0 radical (unpaired) electrons. The van der Waals surface area contributed by atoms with Crippen LogP contribution in [0.5, 0.6) is 0 Å². The second-order valence-corrected chi connectivity index (χ2v) is 3.38. The number of rotatable bonds is 7. The Kier molecular flexibility index (Phi) is 6.72. The summed E-state index contributed by atoms with van der Waals surface area (Å²) in [5, 5.41) is 8.61. The molecule has 0 amide bonds. The van der Waals surface area contributed by atoms with E-state index < -0.39 is 5.97 Å². The van der Waals surface area contributed by atoms with Crippen LogP contribution >= 0.6 is 0 Å². The van der Waals surface area contributed by atoms with Gasteiger partial charge in [-0.3, -0.25) is 9.59 Å². The Hall–Kier alpha value is -1.12. The Morgan fingerprint density at radius 1 is 1.36 bits per heavy atom. The lowest BCUT2D eigenvalue weighted by Gasteiger charge is -2.08. The third kappa shape index (κ3) is 6.40. The molecule has 14 heavy (non-hydrogen) atoms. The largest absolute Gasteiger partial charge is 0.481 e. The fraction of sp³-hybridized carbons (Fsp3) is 0.636. The predicted octanol–water partition coefficient (Wildman–Crippen LogP) is 2.41. The van der Waals surface area contributed by atoms with Crippen LogP contribution in [0.4, 0.5) is 0 Å². The molecule has 80 valence electrons. The molecule has 0 aromatic heterocycles. The minimum absolute atomic E-state index is 0.0415. The number of carbonyl (C=O) groups excluding carboxylic acids is 1. The number of Topliss-reactive ketones (excluding diaryl/α,β-unsaturated/α-hetero) is 1. The molecule has 0 bridgehead atoms. The Morgan fingerprint density at radius 3 is 2.43 bits per heavy atom. The summed E-state index contributed by atoms with van der Waals surface area (Å²) >= 11 is 0. The Morgan fingerprint density at radius 2 is 2.00 bits per heavy atom. The van der Waals surface area contributed by atoms with Gasteiger partial charge >= 0.3 is 5.97 Å². The van der Waals surface area contributed by atoms with E-state index in [1.54, 1.807) is 12.2 Å². The molecule has 0 aliphatic carbocycles. The van der Waals surface area contributed by atoms with E-state index in [-0.39, 0.29) is 18.1 Å². The van der Waals surface area contributed by atoms with E-state index in [1.807, 2.05) is 13.8 Å². The van der Waals surface area contributed by atoms with Crippen molar-refractivity contribution in [3.05, 3.63) is 12.2 Å². The molecule has 0 aromatic rings. The maximum absolute atomic E-state index is 11.3. The number of hydrogen-bond donors (Lipinski definition) is 1. The first-order valence-electron chi connectivity index (χ1n) is 4.96. The van der Waals surface area contributed by atoms with Gasteiger partial charge in [0.15, 0.2) is 0 Å². The van der Waals surface area contributed by atoms with Gasteiger partial charge in [-0.25, -0.2) is 0 Å². The van der Waals surface area contributed by atoms with Crippen molar-refractivity contribution in [1.82, 2.24) is 0 Å². The summed E-state index contributed by atoms with van der Waals surface area (Å²) in [6.45, 7) is 3.78. The molecular weight excluding hydrogens is 180 g/mol. The van der Waals surface area contributed by atoms with Gasteiger partial charge < -0.3 is 5.11 Å². The van der Waals surface area contributed by atoms with E-state index >= 15 is 0 Å². The van der Waals surface area contributed by atoms with Crippen molar-refractivity contribution in [1.29, 1.82) is 0 Å². The second kappa shape index (κ2) is 7.30. The van der Waals surface area contributed by atoms with Crippen LogP contribution in [0.25, 0.3) is 0 Å². The maximum Gasteiger partial charge on any atom is 0.303 e. The molecule has 1 unspecified atom stereocenters. The molecule has 0 aromatic carbocycles. The maximum atomic E-state index is 11.3. The SMILES string of the molecule is C/C=C\C(CC(=O)O)CC(=O)CCC. The molecule has 0 aliphatic rings. The fourth-order valence-corrected chi connectivity index (χ4v) is 1.38. The molecule has 0 aliphatic heterocycles. The zero-order chi connectivity index (χ0) is 11.0. The summed E-state index contributed by atoms with van der Waals surface area (Å²) in [5.74, 6) is -0.842. The highest BCUT2D eigenvalue weighted by atomic mass is 16.4. The number of aliphatic carboxylic acids is 1. The fourth-order valence-electron chi connectivity index (χ4n) is 1.38. The van der Waals surface area contributed by atoms with Crippen LogP contribution in [0, 0.1) is 5.92 Å². The molecule has 0 rings (SSSR count). The number of carboxylic acids is 1. The van der Waals surface area contributed by atoms with Gasteiger partial charge in [0, 0.05) is 12.8 Å². The Balaban J connectivity index is 4.08. The zero-order valence-corrected chi connectivity index (χ0v) is 8.82. The molecule has 0 saturated carbocycles. The number of carboxylic acid groups (broad SMARTS) is 1. The van der Waals surface area contributed by atoms with Gasteiger partial charge in [0.25, 0.3) is 0 Å². The first-order chi connectivity index (χ1) is 6.60. The lowest BCUT2D eigenvalue weighted by molar-refractivity contribution is -0.137. The minimum Gasteiger partial charge on any atom is -0.481 e. The first-order valence-corrected chi connectivity index (χ1v) is 4.96. The summed E-state index contributed by atoms with van der Waals surface area (Å²) in [6.07, 6.45) is 5.36. The Labute approximate surface area is 84.8 Å². The van der Waals surface area contributed by atoms with Gasteiger partial charge in [-0.15, -0.1) is 0 Å². The summed E-state index contributed by atoms with van der Waals surface area (Å²) in [6, 6.07) is 0. The topological polar surface area (TPSA) is 54.4 Å². The summed E-state index contributed by atoms with van der Waals surface area (Å²) in [4.78, 5) is 21.8. The Bertz CT molecular complexity index is 219. The number of ketones is 1. The molecule has 0 fully saturated rings. The second-order valence-electron chi connectivity index (χ2n) is 3.38. The highest BCUT2D eigenvalue weighted by molar-refractivity contribution is 5.79. The molecule has 0 spiro atoms. The molecule has 0 saturated heterocycles. The molecule has 1 atom stereocenters. The summed E-state index contributed by atoms with van der Waals surface area (Å²) < 4.78 is 0. The summed E-state index contributed by atoms with van der Waals surface area (Å²) in [7, 11) is 0. The van der Waals surface area contributed by atoms with Crippen LogP contribution in [0.3, 0.4) is 0 Å². The van der Waals surface area contributed by atoms with Gasteiger partial charge in [0.1, 0.15) is 5.78 Å². The average molecular weight is 198 g/mol. The third-order valence-electron chi connectivity index (χ3n) is 1.92. The quantitative estimate of drug-likeness (QED) is 0.639. The van der Waals surface area contributed by atoms with E-state index in [4.69, 9.17) is 5.11 Å². The van der Waals surface area contributed by atoms with Gasteiger partial charge in [-0.05, 0) is 19.3 Å². The minimum atomic E-state index is -0.850. The third-order valence-corrected chi connectivity index (χ3v) is 1.92. The van der Waals surface area contributed by atoms with Crippen LogP contribution in [-0.4, -0.2) is 16.9 Å². The van der Waals surface area contributed by atoms with E-state index in [2.05, 4.69) is 0 Å². The molecule has 0 heterocycles. The van der Waals surface area contributed by atoms with Crippen LogP contribution in [0.1, 0.15) is 39.5 Å². The number of allylic oxidation sites excluding steroid dienone is 2. The predicted molar refractivity (Wildman–Crippen MR) is 55.1 cm³/mol. The van der Waals surface area contributed by atoms with Crippen molar-refractivity contribution >= 4 is 11.8 Å². The number of hydrogen-bond acceptors (Lipinski definition) is 2. The van der Waals surface area contributed by atoms with Crippen molar-refractivity contribution in [3.8, 4) is 0 Å². The lowest BCUT2D eigenvalue weighted by Crippen LogP contribution is -2.10. The van der Waals surface area contributed by atoms with Crippen molar-refractivity contribution in [3.63, 3.8) is 0 Å². The van der Waals surface area contributed by atoms with E-state index in [1.165, 1.54) is 0 Å². The van der Waals surface area contributed by atoms with E-state index in [0.717, 1.165) is 6.42 Å².